The van der Waals surface area contributed by atoms with Gasteiger partial charge in [-0.2, -0.15) is 0 Å². The first kappa shape index (κ1) is 8.15. The van der Waals surface area contributed by atoms with E-state index >= 15 is 0 Å². The summed E-state index contributed by atoms with van der Waals surface area (Å²) in [5.74, 6) is 0. The van der Waals surface area contributed by atoms with Crippen LogP contribution in [0.4, 0.5) is 0 Å². The van der Waals surface area contributed by atoms with Crippen LogP contribution in [0.1, 0.15) is 19.8 Å². The molecule has 0 fully saturated rings. The fraction of sp³-hybridized carbons (Fsp3) is 0.375. The topological polar surface area (TPSA) is 17.1 Å². The third-order valence-corrected chi connectivity index (χ3v) is 0.867. The minimum Gasteiger partial charge on any atom is -0.286 e. The Hall–Kier alpha value is -0.850. The second-order valence-electron chi connectivity index (χ2n) is 1.69. The van der Waals surface area contributed by atoms with Crippen molar-refractivity contribution in [3.05, 3.63) is 24.3 Å². The highest BCUT2D eigenvalue weighted by Gasteiger charge is 1.68. The molecule has 0 rings (SSSR count). The molecule has 0 amide bonds. The Labute approximate surface area is 56.1 Å². The third kappa shape index (κ3) is 7.15. The molecule has 9 heavy (non-hydrogen) atoms. The van der Waals surface area contributed by atoms with Crippen LogP contribution in [0.3, 0.4) is 0 Å². The molecule has 0 unspecified atom stereocenters. The van der Waals surface area contributed by atoms with E-state index in [1.807, 2.05) is 12.2 Å². The molecule has 0 aliphatic carbocycles. The summed E-state index contributed by atoms with van der Waals surface area (Å²) in [6, 6.07) is 0. The van der Waals surface area contributed by atoms with Crippen molar-refractivity contribution in [2.75, 3.05) is 0 Å². The highest BCUT2D eigenvalue weighted by molar-refractivity contribution is 5.66. The van der Waals surface area contributed by atoms with E-state index in [4.69, 9.17) is 0 Å². The molecule has 49 valence electrons. The average molecular weight is 123 g/mol. The first-order valence-corrected chi connectivity index (χ1v) is 3.11. The fourth-order valence-electron chi connectivity index (χ4n) is 0.436. The van der Waals surface area contributed by atoms with Gasteiger partial charge in [-0.3, -0.25) is 4.79 Å². The predicted octanol–water partition coefficient (Wildman–Crippen LogP) is 2.01. The van der Waals surface area contributed by atoms with E-state index in [9.17, 15) is 4.79 Å². The van der Waals surface area contributed by atoms with Crippen LogP contribution in [0.15, 0.2) is 24.3 Å². The van der Waals surface area contributed by atoms with Crippen LogP contribution in [-0.4, -0.2) is 6.29 Å². The molecule has 0 aromatic heterocycles. The zero-order valence-corrected chi connectivity index (χ0v) is 5.63. The molecule has 0 aromatic carbocycles. The molecule has 0 spiro atoms. The lowest BCUT2D eigenvalue weighted by Crippen LogP contribution is -1.59. The fourth-order valence-corrected chi connectivity index (χ4v) is 0.436. The zero-order chi connectivity index (χ0) is 6.95. The summed E-state index contributed by atoms with van der Waals surface area (Å²) in [6.07, 6.45) is 10.8. The van der Waals surface area contributed by atoms with Gasteiger partial charge in [-0.15, -0.1) is 0 Å². The Balaban J connectivity index is 3.23. The normalized spacial score (nSPS) is 11.2. The molecule has 0 N–H and O–H groups in total. The highest BCUT2D eigenvalue weighted by atomic mass is 16.1. The third-order valence-electron chi connectivity index (χ3n) is 0.867. The lowest BCUT2D eigenvalue weighted by atomic mass is 10.3. The van der Waals surface area contributed by atoms with E-state index in [0.717, 1.165) is 12.8 Å². The average Bonchev–Trinajstić information content (AvgIpc) is 1.89. The molecule has 0 heterocycles. The van der Waals surface area contributed by atoms with Gasteiger partial charge in [0.15, 0.2) is 0 Å². The number of allylic oxidation sites excluding steroid dienone is 4. The van der Waals surface area contributed by atoms with Crippen LogP contribution in [0, 0.1) is 0 Å². The Morgan fingerprint density at radius 1 is 1.44 bits per heavy atom. The van der Waals surface area contributed by atoms with Crippen LogP contribution in [0.25, 0.3) is 0 Å². The van der Waals surface area contributed by atoms with Gasteiger partial charge >= 0.3 is 0 Å². The maximum Gasteiger partial charge on any atom is 0.225 e. The Morgan fingerprint density at radius 3 is 2.78 bits per heavy atom. The maximum atomic E-state index is 9.59. The summed E-state index contributed by atoms with van der Waals surface area (Å²) in [7, 11) is 0. The van der Waals surface area contributed by atoms with Gasteiger partial charge in [-0.05, 0) is 12.5 Å². The van der Waals surface area contributed by atoms with E-state index < -0.39 is 0 Å². The highest BCUT2D eigenvalue weighted by Crippen LogP contribution is 1.87. The molecule has 1 heteroatoms. The van der Waals surface area contributed by atoms with Crippen LogP contribution in [0.2, 0.25) is 0 Å². The molecule has 0 aromatic rings. The van der Waals surface area contributed by atoms with Gasteiger partial charge in [-0.25, -0.2) is 0 Å². The van der Waals surface area contributed by atoms with Crippen molar-refractivity contribution in [3.63, 3.8) is 0 Å². The summed E-state index contributed by atoms with van der Waals surface area (Å²) in [5, 5.41) is 0. The molecule has 0 atom stereocenters. The zero-order valence-electron chi connectivity index (χ0n) is 5.63. The maximum absolute atomic E-state index is 9.59. The minimum atomic E-state index is 1.07. The van der Waals surface area contributed by atoms with Gasteiger partial charge in [0.05, 0.1) is 0 Å². The van der Waals surface area contributed by atoms with Crippen molar-refractivity contribution in [1.29, 1.82) is 0 Å². The molecule has 0 aliphatic rings. The van der Waals surface area contributed by atoms with Crippen molar-refractivity contribution in [3.8, 4) is 0 Å². The number of hydrogen-bond donors (Lipinski definition) is 0. The number of carbonyl (C=O) groups excluding carboxylic acids is 1. The van der Waals surface area contributed by atoms with Crippen molar-refractivity contribution < 1.29 is 4.79 Å². The quantitative estimate of drug-likeness (QED) is 0.413. The van der Waals surface area contributed by atoms with Crippen molar-refractivity contribution in [2.24, 2.45) is 0 Å². The first-order chi connectivity index (χ1) is 4.41. The largest absolute Gasteiger partial charge is 0.286 e. The van der Waals surface area contributed by atoms with E-state index in [1.165, 1.54) is 6.08 Å². The van der Waals surface area contributed by atoms with Crippen molar-refractivity contribution >= 4 is 6.29 Å². The van der Waals surface area contributed by atoms with Gasteiger partial charge in [-0.1, -0.05) is 31.6 Å². The molecule has 1 radical (unpaired) electrons. The Kier molecular flexibility index (Phi) is 6.47. The standard InChI is InChI=1S/C8H11O/c1-2-3-4-5-6-7-8-9/h4-7H,2-3H2,1H3/b5-4+,7-6+. The number of rotatable bonds is 4. The second-order valence-corrected chi connectivity index (χ2v) is 1.69. The molecular formula is C8H11O. The van der Waals surface area contributed by atoms with E-state index in [2.05, 4.69) is 6.92 Å². The summed E-state index contributed by atoms with van der Waals surface area (Å²) >= 11 is 0. The van der Waals surface area contributed by atoms with Gasteiger partial charge in [0.2, 0.25) is 6.29 Å². The van der Waals surface area contributed by atoms with Gasteiger partial charge in [0, 0.05) is 0 Å². The van der Waals surface area contributed by atoms with Crippen LogP contribution in [-0.2, 0) is 4.79 Å². The molecule has 0 saturated heterocycles. The number of hydrogen-bond acceptors (Lipinski definition) is 1. The SMILES string of the molecule is CCC/C=C/C=C/[C]=O. The molecule has 1 nitrogen and oxygen atoms in total. The second kappa shape index (κ2) is 7.15. The van der Waals surface area contributed by atoms with Crippen LogP contribution in [0.5, 0.6) is 0 Å². The lowest BCUT2D eigenvalue weighted by molar-refractivity contribution is 0.564. The summed E-state index contributed by atoms with van der Waals surface area (Å²) in [5.41, 5.74) is 0. The lowest BCUT2D eigenvalue weighted by Gasteiger charge is -1.78. The van der Waals surface area contributed by atoms with Crippen LogP contribution < -0.4 is 0 Å². The minimum absolute atomic E-state index is 1.07. The molecule has 0 bridgehead atoms. The summed E-state index contributed by atoms with van der Waals surface area (Å²) in [4.78, 5) is 9.59. The van der Waals surface area contributed by atoms with Crippen LogP contribution >= 0.6 is 0 Å². The van der Waals surface area contributed by atoms with E-state index in [0.29, 0.717) is 0 Å². The predicted molar refractivity (Wildman–Crippen MR) is 38.9 cm³/mol. The van der Waals surface area contributed by atoms with E-state index in [1.54, 1.807) is 12.4 Å². The summed E-state index contributed by atoms with van der Waals surface area (Å²) < 4.78 is 0. The van der Waals surface area contributed by atoms with Crippen molar-refractivity contribution in [1.82, 2.24) is 0 Å². The first-order valence-electron chi connectivity index (χ1n) is 3.11. The van der Waals surface area contributed by atoms with Gasteiger partial charge in [0.1, 0.15) is 0 Å². The molecule has 0 aliphatic heterocycles. The Morgan fingerprint density at radius 2 is 2.22 bits per heavy atom. The monoisotopic (exact) mass is 123 g/mol. The van der Waals surface area contributed by atoms with Gasteiger partial charge < -0.3 is 0 Å². The van der Waals surface area contributed by atoms with Crippen molar-refractivity contribution in [2.45, 2.75) is 19.8 Å². The molecular weight excluding hydrogens is 112 g/mol. The molecule has 0 saturated carbocycles. The Bertz CT molecular complexity index is 112. The summed E-state index contributed by atoms with van der Waals surface area (Å²) in [6.45, 7) is 2.11. The van der Waals surface area contributed by atoms with E-state index in [-0.39, 0.29) is 0 Å². The van der Waals surface area contributed by atoms with Gasteiger partial charge in [0.25, 0.3) is 0 Å². The smallest absolute Gasteiger partial charge is 0.225 e. The number of unbranched alkanes of at least 4 members (excludes halogenated alkanes) is 1.